The zero-order chi connectivity index (χ0) is 14.5. The first-order chi connectivity index (χ1) is 9.60. The summed E-state index contributed by atoms with van der Waals surface area (Å²) < 4.78 is 0. The summed E-state index contributed by atoms with van der Waals surface area (Å²) >= 11 is 1.50. The van der Waals surface area contributed by atoms with Crippen molar-refractivity contribution in [2.45, 2.75) is 13.3 Å². The van der Waals surface area contributed by atoms with Crippen LogP contribution < -0.4 is 0 Å². The lowest BCUT2D eigenvalue weighted by Crippen LogP contribution is -1.95. The Morgan fingerprint density at radius 1 is 1.15 bits per heavy atom. The van der Waals surface area contributed by atoms with E-state index in [0.717, 1.165) is 16.9 Å². The number of rotatable bonds is 5. The normalized spacial score (nSPS) is 10.8. The van der Waals surface area contributed by atoms with E-state index in [1.807, 2.05) is 12.1 Å². The fraction of sp³-hybridized carbons (Fsp3) is 0.125. The molecule has 2 rings (SSSR count). The van der Waals surface area contributed by atoms with Gasteiger partial charge in [-0.25, -0.2) is 4.79 Å². The Morgan fingerprint density at radius 3 is 2.40 bits per heavy atom. The van der Waals surface area contributed by atoms with E-state index in [1.165, 1.54) is 34.4 Å². The largest absolute Gasteiger partial charge is 0.478 e. The Labute approximate surface area is 121 Å². The summed E-state index contributed by atoms with van der Waals surface area (Å²) in [6.07, 6.45) is 4.14. The van der Waals surface area contributed by atoms with Gasteiger partial charge in [-0.1, -0.05) is 25.1 Å². The van der Waals surface area contributed by atoms with E-state index in [-0.39, 0.29) is 11.3 Å². The molecule has 1 N–H and O–H groups in total. The van der Waals surface area contributed by atoms with Crippen LogP contribution in [0.5, 0.6) is 0 Å². The van der Waals surface area contributed by atoms with E-state index in [2.05, 4.69) is 6.92 Å². The molecule has 102 valence electrons. The number of ketones is 1. The number of hydrogen-bond acceptors (Lipinski definition) is 3. The number of thiophene rings is 1. The van der Waals surface area contributed by atoms with Gasteiger partial charge in [-0.2, -0.15) is 0 Å². The molecule has 1 aromatic carbocycles. The van der Waals surface area contributed by atoms with Crippen molar-refractivity contribution in [3.8, 4) is 0 Å². The second kappa shape index (κ2) is 6.30. The van der Waals surface area contributed by atoms with Crippen molar-refractivity contribution in [1.82, 2.24) is 0 Å². The monoisotopic (exact) mass is 286 g/mol. The van der Waals surface area contributed by atoms with Crippen molar-refractivity contribution < 1.29 is 14.7 Å². The molecule has 0 bridgehead atoms. The molecule has 0 aliphatic carbocycles. The van der Waals surface area contributed by atoms with Gasteiger partial charge in [0, 0.05) is 4.88 Å². The predicted octanol–water partition coefficient (Wildman–Crippen LogP) is 3.90. The summed E-state index contributed by atoms with van der Waals surface area (Å²) in [5, 5.41) is 8.80. The number of aromatic carboxylic acids is 1. The number of carboxylic acid groups (broad SMARTS) is 1. The maximum atomic E-state index is 12.0. The van der Waals surface area contributed by atoms with Gasteiger partial charge < -0.3 is 5.11 Å². The lowest BCUT2D eigenvalue weighted by molar-refractivity contribution is 0.0696. The average Bonchev–Trinajstić information content (AvgIpc) is 2.94. The third-order valence-electron chi connectivity index (χ3n) is 2.84. The minimum Gasteiger partial charge on any atom is -0.478 e. The Bertz CT molecular complexity index is 651. The topological polar surface area (TPSA) is 54.4 Å². The van der Waals surface area contributed by atoms with Crippen molar-refractivity contribution in [2.24, 2.45) is 0 Å². The van der Waals surface area contributed by atoms with Crippen LogP contribution in [0, 0.1) is 0 Å². The third kappa shape index (κ3) is 3.42. The highest BCUT2D eigenvalue weighted by Gasteiger charge is 2.05. The van der Waals surface area contributed by atoms with E-state index in [1.54, 1.807) is 18.2 Å². The maximum Gasteiger partial charge on any atom is 0.335 e. The number of allylic oxidation sites excluding steroid dienone is 1. The molecule has 0 radical (unpaired) electrons. The molecule has 0 fully saturated rings. The van der Waals surface area contributed by atoms with Gasteiger partial charge in [0.1, 0.15) is 0 Å². The molecule has 1 heterocycles. The molecule has 0 saturated heterocycles. The Kier molecular flexibility index (Phi) is 4.48. The smallest absolute Gasteiger partial charge is 0.335 e. The molecule has 3 nitrogen and oxygen atoms in total. The third-order valence-corrected chi connectivity index (χ3v) is 4.08. The fourth-order valence-corrected chi connectivity index (χ4v) is 2.56. The minimum atomic E-state index is -0.956. The van der Waals surface area contributed by atoms with Crippen LogP contribution in [0.2, 0.25) is 0 Å². The minimum absolute atomic E-state index is 0.0305. The van der Waals surface area contributed by atoms with Gasteiger partial charge >= 0.3 is 5.97 Å². The number of aryl methyl sites for hydroxylation is 1. The van der Waals surface area contributed by atoms with Crippen LogP contribution in [0.15, 0.2) is 42.5 Å². The molecule has 0 spiro atoms. The predicted molar refractivity (Wildman–Crippen MR) is 80.5 cm³/mol. The lowest BCUT2D eigenvalue weighted by Gasteiger charge is -1.95. The van der Waals surface area contributed by atoms with Crippen LogP contribution >= 0.6 is 11.3 Å². The van der Waals surface area contributed by atoms with Gasteiger partial charge in [-0.05, 0) is 42.3 Å². The summed E-state index contributed by atoms with van der Waals surface area (Å²) in [4.78, 5) is 24.6. The molecule has 4 heteroatoms. The van der Waals surface area contributed by atoms with E-state index in [9.17, 15) is 9.59 Å². The standard InChI is InChI=1S/C16H14O3S/c1-2-13-8-10-15(20-13)14(17)9-5-11-3-6-12(7-4-11)16(18)19/h3-10H,2H2,1H3,(H,18,19)/b9-5+. The first-order valence-electron chi connectivity index (χ1n) is 6.24. The van der Waals surface area contributed by atoms with Crippen LogP contribution in [0.4, 0.5) is 0 Å². The number of carbonyl (C=O) groups excluding carboxylic acids is 1. The van der Waals surface area contributed by atoms with Gasteiger partial charge in [0.25, 0.3) is 0 Å². The molecule has 0 unspecified atom stereocenters. The average molecular weight is 286 g/mol. The van der Waals surface area contributed by atoms with Gasteiger partial charge in [-0.3, -0.25) is 4.79 Å². The molecular weight excluding hydrogens is 272 g/mol. The molecule has 0 amide bonds. The molecule has 0 aliphatic heterocycles. The van der Waals surface area contributed by atoms with Crippen LogP contribution in [-0.2, 0) is 6.42 Å². The Hall–Kier alpha value is -2.20. The second-order valence-electron chi connectivity index (χ2n) is 4.24. The number of carbonyl (C=O) groups is 2. The zero-order valence-corrected chi connectivity index (χ0v) is 11.8. The summed E-state index contributed by atoms with van der Waals surface area (Å²) in [5.41, 5.74) is 1.04. The van der Waals surface area contributed by atoms with E-state index < -0.39 is 5.97 Å². The van der Waals surface area contributed by atoms with Gasteiger partial charge in [0.05, 0.1) is 10.4 Å². The van der Waals surface area contributed by atoms with Crippen LogP contribution in [0.25, 0.3) is 6.08 Å². The SMILES string of the molecule is CCc1ccc(C(=O)/C=C/c2ccc(C(=O)O)cc2)s1. The Morgan fingerprint density at radius 2 is 1.85 bits per heavy atom. The highest BCUT2D eigenvalue weighted by atomic mass is 32.1. The molecule has 0 aliphatic rings. The fourth-order valence-electron chi connectivity index (χ4n) is 1.69. The highest BCUT2D eigenvalue weighted by molar-refractivity contribution is 7.14. The molecule has 0 saturated carbocycles. The first-order valence-corrected chi connectivity index (χ1v) is 7.06. The summed E-state index contributed by atoms with van der Waals surface area (Å²) in [5.74, 6) is -0.987. The number of carboxylic acids is 1. The van der Waals surface area contributed by atoms with Crippen molar-refractivity contribution in [2.75, 3.05) is 0 Å². The Balaban J connectivity index is 2.08. The molecule has 0 atom stereocenters. The number of benzene rings is 1. The van der Waals surface area contributed by atoms with Crippen LogP contribution in [0.3, 0.4) is 0 Å². The second-order valence-corrected chi connectivity index (χ2v) is 5.41. The maximum absolute atomic E-state index is 12.0. The molecular formula is C16H14O3S. The summed E-state index contributed by atoms with van der Waals surface area (Å²) in [7, 11) is 0. The van der Waals surface area contributed by atoms with Gasteiger partial charge in [0.2, 0.25) is 0 Å². The van der Waals surface area contributed by atoms with Crippen molar-refractivity contribution in [3.05, 3.63) is 63.4 Å². The molecule has 1 aromatic heterocycles. The van der Waals surface area contributed by atoms with Gasteiger partial charge in [0.15, 0.2) is 5.78 Å². The van der Waals surface area contributed by atoms with E-state index in [0.29, 0.717) is 0 Å². The molecule has 20 heavy (non-hydrogen) atoms. The van der Waals surface area contributed by atoms with Crippen molar-refractivity contribution >= 4 is 29.2 Å². The van der Waals surface area contributed by atoms with Crippen molar-refractivity contribution in [1.29, 1.82) is 0 Å². The molecule has 2 aromatic rings. The first kappa shape index (κ1) is 14.2. The van der Waals surface area contributed by atoms with E-state index >= 15 is 0 Å². The lowest BCUT2D eigenvalue weighted by atomic mass is 10.1. The van der Waals surface area contributed by atoms with E-state index in [4.69, 9.17) is 5.11 Å². The zero-order valence-electron chi connectivity index (χ0n) is 11.0. The van der Waals surface area contributed by atoms with Crippen LogP contribution in [-0.4, -0.2) is 16.9 Å². The quantitative estimate of drug-likeness (QED) is 0.670. The summed E-state index contributed by atoms with van der Waals surface area (Å²) in [6.45, 7) is 2.06. The number of hydrogen-bond donors (Lipinski definition) is 1. The van der Waals surface area contributed by atoms with Crippen molar-refractivity contribution in [3.63, 3.8) is 0 Å². The van der Waals surface area contributed by atoms with Gasteiger partial charge in [-0.15, -0.1) is 11.3 Å². The summed E-state index contributed by atoms with van der Waals surface area (Å²) in [6, 6.07) is 10.2. The van der Waals surface area contributed by atoms with Crippen LogP contribution in [0.1, 0.15) is 37.4 Å². The highest BCUT2D eigenvalue weighted by Crippen LogP contribution is 2.18.